The normalized spacial score (nSPS) is 14.9. The molecule has 1 amide bonds. The van der Waals surface area contributed by atoms with Crippen LogP contribution < -0.4 is 10.1 Å². The number of fused-ring (bicyclic) bond motifs is 1. The molecule has 0 unspecified atom stereocenters. The van der Waals surface area contributed by atoms with E-state index >= 15 is 0 Å². The predicted molar refractivity (Wildman–Crippen MR) is 114 cm³/mol. The Kier molecular flexibility index (Phi) is 6.51. The second-order valence-electron chi connectivity index (χ2n) is 7.49. The van der Waals surface area contributed by atoms with Crippen LogP contribution in [0.3, 0.4) is 0 Å². The van der Waals surface area contributed by atoms with E-state index in [-0.39, 0.29) is 18.2 Å². The largest absolute Gasteiger partial charge is 0.478 e. The zero-order chi connectivity index (χ0) is 21.1. The fraction of sp³-hybridized carbons (Fsp3) is 0.381. The number of rotatable bonds is 7. The van der Waals surface area contributed by atoms with E-state index in [0.717, 1.165) is 5.56 Å². The minimum absolute atomic E-state index is 0.0206. The van der Waals surface area contributed by atoms with E-state index in [9.17, 15) is 13.2 Å². The maximum Gasteiger partial charge on any atom is 0.263 e. The second kappa shape index (κ2) is 8.73. The minimum atomic E-state index is -3.47. The summed E-state index contributed by atoms with van der Waals surface area (Å²) in [5.41, 5.74) is 1.07. The fourth-order valence-corrected chi connectivity index (χ4v) is 4.64. The molecule has 0 atom stereocenters. The molecule has 156 valence electrons. The molecule has 0 fully saturated rings. The lowest BCUT2D eigenvalue weighted by Crippen LogP contribution is -2.48. The van der Waals surface area contributed by atoms with Gasteiger partial charge in [0, 0.05) is 24.7 Å². The number of hydrogen-bond acceptors (Lipinski definition) is 4. The van der Waals surface area contributed by atoms with Crippen LogP contribution in [0.2, 0.25) is 5.02 Å². The maximum absolute atomic E-state index is 12.7. The highest BCUT2D eigenvalue weighted by molar-refractivity contribution is 7.89. The SMILES string of the molecule is CC(C)(Oc1ccc(Cl)cc1)C(=O)NCCS(=O)(=O)N1CCc2ccccc2C1. The molecule has 1 aliphatic heterocycles. The highest BCUT2D eigenvalue weighted by atomic mass is 35.5. The van der Waals surface area contributed by atoms with Gasteiger partial charge in [-0.1, -0.05) is 35.9 Å². The molecule has 1 N–H and O–H groups in total. The van der Waals surface area contributed by atoms with E-state index < -0.39 is 15.6 Å². The van der Waals surface area contributed by atoms with Crippen molar-refractivity contribution in [1.29, 1.82) is 0 Å². The Morgan fingerprint density at radius 2 is 1.79 bits per heavy atom. The number of ether oxygens (including phenoxy) is 1. The number of sulfonamides is 1. The quantitative estimate of drug-likeness (QED) is 0.723. The Bertz CT molecular complexity index is 974. The van der Waals surface area contributed by atoms with Gasteiger partial charge in [-0.15, -0.1) is 0 Å². The van der Waals surface area contributed by atoms with Crippen LogP contribution >= 0.6 is 11.6 Å². The van der Waals surface area contributed by atoms with Crippen LogP contribution in [0.25, 0.3) is 0 Å². The lowest BCUT2D eigenvalue weighted by molar-refractivity contribution is -0.134. The molecule has 2 aromatic carbocycles. The van der Waals surface area contributed by atoms with Gasteiger partial charge in [0.1, 0.15) is 5.75 Å². The monoisotopic (exact) mass is 436 g/mol. The summed E-state index contributed by atoms with van der Waals surface area (Å²) >= 11 is 5.85. The topological polar surface area (TPSA) is 75.7 Å². The number of carbonyl (C=O) groups is 1. The number of nitrogens with zero attached hydrogens (tertiary/aromatic N) is 1. The smallest absolute Gasteiger partial charge is 0.263 e. The third kappa shape index (κ3) is 5.50. The van der Waals surface area contributed by atoms with E-state index in [4.69, 9.17) is 16.3 Å². The van der Waals surface area contributed by atoms with Crippen molar-refractivity contribution in [1.82, 2.24) is 9.62 Å². The molecule has 0 spiro atoms. The summed E-state index contributed by atoms with van der Waals surface area (Å²) in [6.45, 7) is 4.11. The molecule has 0 bridgehead atoms. The maximum atomic E-state index is 12.7. The first-order valence-electron chi connectivity index (χ1n) is 9.45. The van der Waals surface area contributed by atoms with Crippen molar-refractivity contribution >= 4 is 27.5 Å². The third-order valence-electron chi connectivity index (χ3n) is 4.87. The van der Waals surface area contributed by atoms with E-state index in [0.29, 0.717) is 30.3 Å². The molecule has 0 saturated carbocycles. The van der Waals surface area contributed by atoms with Gasteiger partial charge in [0.15, 0.2) is 5.60 Å². The first kappa shape index (κ1) is 21.6. The van der Waals surface area contributed by atoms with Crippen molar-refractivity contribution in [3.05, 3.63) is 64.7 Å². The van der Waals surface area contributed by atoms with E-state index in [1.165, 1.54) is 9.87 Å². The summed E-state index contributed by atoms with van der Waals surface area (Å²) in [6.07, 6.45) is 0.698. The lowest BCUT2D eigenvalue weighted by Gasteiger charge is -2.28. The fourth-order valence-electron chi connectivity index (χ4n) is 3.19. The molecule has 0 aliphatic carbocycles. The molecule has 3 rings (SSSR count). The summed E-state index contributed by atoms with van der Waals surface area (Å²) in [6, 6.07) is 14.6. The van der Waals surface area contributed by atoms with Crippen LogP contribution in [0, 0.1) is 0 Å². The highest BCUT2D eigenvalue weighted by Crippen LogP contribution is 2.22. The number of nitrogens with one attached hydrogen (secondary N) is 1. The number of amides is 1. The van der Waals surface area contributed by atoms with E-state index in [1.807, 2.05) is 24.3 Å². The van der Waals surface area contributed by atoms with Crippen molar-refractivity contribution < 1.29 is 17.9 Å². The summed E-state index contributed by atoms with van der Waals surface area (Å²) < 4.78 is 32.6. The Labute approximate surface area is 176 Å². The van der Waals surface area contributed by atoms with Crippen LogP contribution in [0.4, 0.5) is 0 Å². The Balaban J connectivity index is 1.53. The predicted octanol–water partition coefficient (Wildman–Crippen LogP) is 3.00. The first-order valence-corrected chi connectivity index (χ1v) is 11.4. The minimum Gasteiger partial charge on any atom is -0.478 e. The molecule has 0 radical (unpaired) electrons. The van der Waals surface area contributed by atoms with Gasteiger partial charge in [-0.05, 0) is 55.7 Å². The third-order valence-corrected chi connectivity index (χ3v) is 6.94. The van der Waals surface area contributed by atoms with Gasteiger partial charge in [0.05, 0.1) is 5.75 Å². The van der Waals surface area contributed by atoms with Gasteiger partial charge in [-0.25, -0.2) is 8.42 Å². The standard InChI is InChI=1S/C21H25ClN2O4S/c1-21(2,28-19-9-7-18(22)8-10-19)20(25)23-12-14-29(26,27)24-13-11-16-5-3-4-6-17(16)15-24/h3-10H,11-15H2,1-2H3,(H,23,25). The Morgan fingerprint density at radius 3 is 2.48 bits per heavy atom. The molecule has 1 heterocycles. The van der Waals surface area contributed by atoms with Crippen LogP contribution in [0.5, 0.6) is 5.75 Å². The van der Waals surface area contributed by atoms with Gasteiger partial charge in [-0.2, -0.15) is 4.31 Å². The summed E-state index contributed by atoms with van der Waals surface area (Å²) in [5, 5.41) is 3.25. The van der Waals surface area contributed by atoms with Gasteiger partial charge in [-0.3, -0.25) is 4.79 Å². The average Bonchev–Trinajstić information content (AvgIpc) is 2.69. The zero-order valence-electron chi connectivity index (χ0n) is 16.5. The van der Waals surface area contributed by atoms with Crippen LogP contribution in [0.15, 0.2) is 48.5 Å². The van der Waals surface area contributed by atoms with Crippen molar-refractivity contribution in [2.24, 2.45) is 0 Å². The lowest BCUT2D eigenvalue weighted by atomic mass is 10.0. The van der Waals surface area contributed by atoms with Crippen LogP contribution in [0.1, 0.15) is 25.0 Å². The van der Waals surface area contributed by atoms with Gasteiger partial charge < -0.3 is 10.1 Å². The van der Waals surface area contributed by atoms with E-state index in [2.05, 4.69) is 5.32 Å². The Hall–Kier alpha value is -2.09. The second-order valence-corrected chi connectivity index (χ2v) is 10.0. The van der Waals surface area contributed by atoms with Gasteiger partial charge in [0.2, 0.25) is 10.0 Å². The molecular weight excluding hydrogens is 412 g/mol. The van der Waals surface area contributed by atoms with Gasteiger partial charge >= 0.3 is 0 Å². The molecule has 0 saturated heterocycles. The molecule has 8 heteroatoms. The molecule has 6 nitrogen and oxygen atoms in total. The number of halogens is 1. The molecular formula is C21H25ClN2O4S. The van der Waals surface area contributed by atoms with Crippen molar-refractivity contribution in [3.63, 3.8) is 0 Å². The summed E-state index contributed by atoms with van der Waals surface area (Å²) in [4.78, 5) is 12.5. The number of benzene rings is 2. The van der Waals surface area contributed by atoms with Crippen molar-refractivity contribution in [2.45, 2.75) is 32.4 Å². The van der Waals surface area contributed by atoms with Gasteiger partial charge in [0.25, 0.3) is 5.91 Å². The molecule has 1 aliphatic rings. The molecule has 0 aromatic heterocycles. The van der Waals surface area contributed by atoms with Crippen molar-refractivity contribution in [2.75, 3.05) is 18.8 Å². The summed E-state index contributed by atoms with van der Waals surface area (Å²) in [7, 11) is -3.47. The average molecular weight is 437 g/mol. The zero-order valence-corrected chi connectivity index (χ0v) is 18.1. The molecule has 29 heavy (non-hydrogen) atoms. The van der Waals surface area contributed by atoms with Crippen molar-refractivity contribution in [3.8, 4) is 5.75 Å². The Morgan fingerprint density at radius 1 is 1.14 bits per heavy atom. The highest BCUT2D eigenvalue weighted by Gasteiger charge is 2.31. The number of carbonyl (C=O) groups excluding carboxylic acids is 1. The van der Waals surface area contributed by atoms with E-state index in [1.54, 1.807) is 38.1 Å². The van der Waals surface area contributed by atoms with Crippen LogP contribution in [-0.2, 0) is 27.8 Å². The molecule has 2 aromatic rings. The summed E-state index contributed by atoms with van der Waals surface area (Å²) in [5.74, 6) is -0.0291. The number of hydrogen-bond donors (Lipinski definition) is 1. The van der Waals surface area contributed by atoms with Crippen LogP contribution in [-0.4, -0.2) is 43.1 Å². The first-order chi connectivity index (χ1) is 13.7.